The lowest BCUT2D eigenvalue weighted by atomic mass is 9.92. The average molecular weight is 348 g/mol. The van der Waals surface area contributed by atoms with Crippen molar-refractivity contribution in [2.75, 3.05) is 40.5 Å². The van der Waals surface area contributed by atoms with Crippen LogP contribution in [0.3, 0.4) is 0 Å². The lowest BCUT2D eigenvalue weighted by Gasteiger charge is -2.30. The van der Waals surface area contributed by atoms with E-state index in [1.165, 1.54) is 24.8 Å². The molecule has 3 rings (SSSR count). The van der Waals surface area contributed by atoms with Crippen molar-refractivity contribution < 1.29 is 14.2 Å². The van der Waals surface area contributed by atoms with Crippen LogP contribution in [-0.2, 0) is 11.3 Å². The van der Waals surface area contributed by atoms with Gasteiger partial charge in [-0.2, -0.15) is 0 Å². The zero-order valence-corrected chi connectivity index (χ0v) is 15.8. The normalized spacial score (nSPS) is 23.6. The number of hydrogen-bond donors (Lipinski definition) is 1. The quantitative estimate of drug-likeness (QED) is 0.821. The summed E-state index contributed by atoms with van der Waals surface area (Å²) in [6.07, 6.45) is 3.59. The van der Waals surface area contributed by atoms with Gasteiger partial charge < -0.3 is 19.5 Å². The Bertz CT molecular complexity index is 523. The van der Waals surface area contributed by atoms with Crippen LogP contribution in [0.1, 0.15) is 31.7 Å². The summed E-state index contributed by atoms with van der Waals surface area (Å²) in [5, 5.41) is 3.86. The first kappa shape index (κ1) is 18.5. The number of methoxy groups -OCH3 is 2. The van der Waals surface area contributed by atoms with Gasteiger partial charge in [0.05, 0.1) is 14.2 Å². The van der Waals surface area contributed by atoms with Crippen molar-refractivity contribution in [1.29, 1.82) is 0 Å². The molecule has 0 amide bonds. The smallest absolute Gasteiger partial charge is 0.122 e. The first-order chi connectivity index (χ1) is 12.2. The van der Waals surface area contributed by atoms with E-state index < -0.39 is 0 Å². The van der Waals surface area contributed by atoms with E-state index in [2.05, 4.69) is 29.3 Å². The third-order valence-corrected chi connectivity index (χ3v) is 5.56. The predicted molar refractivity (Wildman–Crippen MR) is 99.4 cm³/mol. The van der Waals surface area contributed by atoms with E-state index >= 15 is 0 Å². The summed E-state index contributed by atoms with van der Waals surface area (Å²) in [6.45, 7) is 7.37. The van der Waals surface area contributed by atoms with Crippen LogP contribution in [0.25, 0.3) is 0 Å². The Kier molecular flexibility index (Phi) is 6.57. The second-order valence-electron chi connectivity index (χ2n) is 7.35. The van der Waals surface area contributed by atoms with Crippen LogP contribution in [0.4, 0.5) is 0 Å². The van der Waals surface area contributed by atoms with E-state index in [0.29, 0.717) is 12.1 Å². The minimum Gasteiger partial charge on any atom is -0.497 e. The number of likely N-dealkylation sites (tertiary alicyclic amines) is 1. The highest BCUT2D eigenvalue weighted by Crippen LogP contribution is 2.25. The van der Waals surface area contributed by atoms with Gasteiger partial charge in [-0.1, -0.05) is 0 Å². The van der Waals surface area contributed by atoms with E-state index in [-0.39, 0.29) is 0 Å². The molecule has 2 heterocycles. The molecule has 0 unspecified atom stereocenters. The van der Waals surface area contributed by atoms with E-state index in [1.807, 2.05) is 6.07 Å². The Morgan fingerprint density at radius 2 is 1.80 bits per heavy atom. The van der Waals surface area contributed by atoms with E-state index in [9.17, 15) is 0 Å². The number of nitrogens with one attached hydrogen (secondary N) is 1. The molecule has 1 aromatic carbocycles. The zero-order valence-electron chi connectivity index (χ0n) is 15.8. The van der Waals surface area contributed by atoms with Gasteiger partial charge in [0.1, 0.15) is 11.5 Å². The average Bonchev–Trinajstić information content (AvgIpc) is 3.08. The zero-order chi connectivity index (χ0) is 17.6. The van der Waals surface area contributed by atoms with Crippen LogP contribution < -0.4 is 14.8 Å². The third-order valence-electron chi connectivity index (χ3n) is 5.56. The lowest BCUT2D eigenvalue weighted by Crippen LogP contribution is -2.43. The molecule has 0 saturated carbocycles. The summed E-state index contributed by atoms with van der Waals surface area (Å²) in [6, 6.07) is 7.30. The molecule has 140 valence electrons. The van der Waals surface area contributed by atoms with Gasteiger partial charge in [0.15, 0.2) is 0 Å². The molecule has 0 aromatic heterocycles. The van der Waals surface area contributed by atoms with Crippen molar-refractivity contribution in [2.45, 2.75) is 44.8 Å². The SMILES string of the molecule is COc1cc(CN2CC[C@@H](N[C@H](C)C3CCOCC3)C2)cc(OC)c1. The molecule has 5 nitrogen and oxygen atoms in total. The molecule has 0 aliphatic carbocycles. The molecular weight excluding hydrogens is 316 g/mol. The Morgan fingerprint density at radius 1 is 1.12 bits per heavy atom. The van der Waals surface area contributed by atoms with Gasteiger partial charge in [-0.25, -0.2) is 0 Å². The summed E-state index contributed by atoms with van der Waals surface area (Å²) >= 11 is 0. The monoisotopic (exact) mass is 348 g/mol. The molecule has 2 atom stereocenters. The maximum Gasteiger partial charge on any atom is 0.122 e. The molecule has 0 spiro atoms. The van der Waals surface area contributed by atoms with Gasteiger partial charge in [-0.05, 0) is 49.8 Å². The Balaban J connectivity index is 1.51. The number of rotatable bonds is 7. The second kappa shape index (κ2) is 8.88. The Morgan fingerprint density at radius 3 is 2.44 bits per heavy atom. The van der Waals surface area contributed by atoms with Gasteiger partial charge in [0.25, 0.3) is 0 Å². The standard InChI is InChI=1S/C20H32N2O3/c1-15(17-5-8-25-9-6-17)21-18-4-7-22(14-18)13-16-10-19(23-2)12-20(11-16)24-3/h10-12,15,17-18,21H,4-9,13-14H2,1-3H3/t15-,18-/m1/s1. The topological polar surface area (TPSA) is 43.0 Å². The largest absolute Gasteiger partial charge is 0.497 e. The predicted octanol–water partition coefficient (Wildman–Crippen LogP) is 2.68. The summed E-state index contributed by atoms with van der Waals surface area (Å²) < 4.78 is 16.2. The van der Waals surface area contributed by atoms with Gasteiger partial charge in [0, 0.05) is 51.0 Å². The number of nitrogens with zero attached hydrogens (tertiary/aromatic N) is 1. The lowest BCUT2D eigenvalue weighted by molar-refractivity contribution is 0.0545. The third kappa shape index (κ3) is 5.09. The molecular formula is C20H32N2O3. The molecule has 2 aliphatic rings. The molecule has 5 heteroatoms. The molecule has 0 bridgehead atoms. The first-order valence-electron chi connectivity index (χ1n) is 9.46. The fraction of sp³-hybridized carbons (Fsp3) is 0.700. The highest BCUT2D eigenvalue weighted by molar-refractivity contribution is 5.38. The molecule has 25 heavy (non-hydrogen) atoms. The van der Waals surface area contributed by atoms with Crippen molar-refractivity contribution in [3.8, 4) is 11.5 Å². The minimum absolute atomic E-state index is 0.575. The van der Waals surface area contributed by atoms with Crippen molar-refractivity contribution in [3.63, 3.8) is 0 Å². The van der Waals surface area contributed by atoms with Crippen LogP contribution >= 0.6 is 0 Å². The summed E-state index contributed by atoms with van der Waals surface area (Å²) in [4.78, 5) is 2.52. The number of ether oxygens (including phenoxy) is 3. The maximum atomic E-state index is 5.48. The molecule has 2 aliphatic heterocycles. The van der Waals surface area contributed by atoms with Crippen LogP contribution in [0.2, 0.25) is 0 Å². The van der Waals surface area contributed by atoms with Crippen LogP contribution in [-0.4, -0.2) is 57.5 Å². The van der Waals surface area contributed by atoms with E-state index in [1.54, 1.807) is 14.2 Å². The second-order valence-corrected chi connectivity index (χ2v) is 7.35. The van der Waals surface area contributed by atoms with Crippen molar-refractivity contribution in [3.05, 3.63) is 23.8 Å². The summed E-state index contributed by atoms with van der Waals surface area (Å²) in [5.41, 5.74) is 1.24. The minimum atomic E-state index is 0.575. The fourth-order valence-electron chi connectivity index (χ4n) is 4.05. The van der Waals surface area contributed by atoms with Gasteiger partial charge >= 0.3 is 0 Å². The van der Waals surface area contributed by atoms with Crippen molar-refractivity contribution in [2.24, 2.45) is 5.92 Å². The van der Waals surface area contributed by atoms with Crippen molar-refractivity contribution in [1.82, 2.24) is 10.2 Å². The van der Waals surface area contributed by atoms with Crippen LogP contribution in [0.5, 0.6) is 11.5 Å². The van der Waals surface area contributed by atoms with Gasteiger partial charge in [-0.3, -0.25) is 4.90 Å². The Hall–Kier alpha value is -1.30. The first-order valence-corrected chi connectivity index (χ1v) is 9.46. The van der Waals surface area contributed by atoms with Crippen LogP contribution in [0, 0.1) is 5.92 Å². The molecule has 2 saturated heterocycles. The number of benzene rings is 1. The fourth-order valence-corrected chi connectivity index (χ4v) is 4.05. The molecule has 2 fully saturated rings. The highest BCUT2D eigenvalue weighted by Gasteiger charge is 2.27. The van der Waals surface area contributed by atoms with E-state index in [0.717, 1.165) is 50.3 Å². The van der Waals surface area contributed by atoms with Crippen molar-refractivity contribution >= 4 is 0 Å². The molecule has 1 aromatic rings. The van der Waals surface area contributed by atoms with Crippen LogP contribution in [0.15, 0.2) is 18.2 Å². The van der Waals surface area contributed by atoms with Gasteiger partial charge in [0.2, 0.25) is 0 Å². The molecule has 1 N–H and O–H groups in total. The summed E-state index contributed by atoms with van der Waals surface area (Å²) in [5.74, 6) is 2.47. The Labute approximate surface area is 151 Å². The van der Waals surface area contributed by atoms with E-state index in [4.69, 9.17) is 14.2 Å². The highest BCUT2D eigenvalue weighted by atomic mass is 16.5. The summed E-state index contributed by atoms with van der Waals surface area (Å²) in [7, 11) is 3.40. The molecule has 0 radical (unpaired) electrons. The maximum absolute atomic E-state index is 5.48. The van der Waals surface area contributed by atoms with Gasteiger partial charge in [-0.15, -0.1) is 0 Å². The number of hydrogen-bond acceptors (Lipinski definition) is 5.